The Hall–Kier alpha value is -0.560. The first-order valence-electron chi connectivity index (χ1n) is 6.84. The molecule has 0 saturated heterocycles. The van der Waals surface area contributed by atoms with Gasteiger partial charge in [-0.3, -0.25) is 0 Å². The minimum Gasteiger partial charge on any atom is -0.396 e. The van der Waals surface area contributed by atoms with Gasteiger partial charge in [-0.05, 0) is 25.7 Å². The van der Waals surface area contributed by atoms with Crippen LogP contribution in [0.4, 0.5) is 0 Å². The molecule has 0 aromatic rings. The standard InChI is InChI=1S/C15H28O/c1-2-3-4-5-6-7-8-9-10-11-12-13-14-15-16/h3-6,16H,2,7-15H2,1H3. The Morgan fingerprint density at radius 2 is 1.31 bits per heavy atom. The van der Waals surface area contributed by atoms with Gasteiger partial charge >= 0.3 is 0 Å². The molecule has 1 nitrogen and oxygen atoms in total. The monoisotopic (exact) mass is 224 g/mol. The van der Waals surface area contributed by atoms with Crippen LogP contribution in [0.1, 0.15) is 64.7 Å². The van der Waals surface area contributed by atoms with E-state index in [0.717, 1.165) is 12.8 Å². The number of hydrogen-bond donors (Lipinski definition) is 1. The van der Waals surface area contributed by atoms with Crippen molar-refractivity contribution in [1.29, 1.82) is 0 Å². The van der Waals surface area contributed by atoms with E-state index >= 15 is 0 Å². The maximum absolute atomic E-state index is 8.61. The molecule has 0 unspecified atom stereocenters. The van der Waals surface area contributed by atoms with Crippen molar-refractivity contribution in [2.75, 3.05) is 6.61 Å². The zero-order chi connectivity index (χ0) is 11.9. The molecule has 0 aliphatic heterocycles. The SMILES string of the molecule is CCC=CC=CCCCCCCCCCO. The number of unbranched alkanes of at least 4 members (excludes halogenated alkanes) is 7. The van der Waals surface area contributed by atoms with Gasteiger partial charge in [0.05, 0.1) is 0 Å². The third-order valence-electron chi connectivity index (χ3n) is 2.65. The van der Waals surface area contributed by atoms with Crippen LogP contribution in [0, 0.1) is 0 Å². The number of aliphatic hydroxyl groups is 1. The maximum Gasteiger partial charge on any atom is 0.0431 e. The molecular weight excluding hydrogens is 196 g/mol. The predicted octanol–water partition coefficient (Wildman–Crippen LogP) is 4.62. The van der Waals surface area contributed by atoms with Gasteiger partial charge in [0.2, 0.25) is 0 Å². The van der Waals surface area contributed by atoms with Crippen LogP contribution in [0.15, 0.2) is 24.3 Å². The number of aliphatic hydroxyl groups excluding tert-OH is 1. The lowest BCUT2D eigenvalue weighted by atomic mass is 10.1. The van der Waals surface area contributed by atoms with E-state index in [1.165, 1.54) is 44.9 Å². The quantitative estimate of drug-likeness (QED) is 0.401. The summed E-state index contributed by atoms with van der Waals surface area (Å²) in [6.07, 6.45) is 19.9. The van der Waals surface area contributed by atoms with E-state index in [-0.39, 0.29) is 0 Å². The van der Waals surface area contributed by atoms with Crippen LogP contribution in [0.3, 0.4) is 0 Å². The van der Waals surface area contributed by atoms with E-state index in [9.17, 15) is 0 Å². The average molecular weight is 224 g/mol. The second-order valence-corrected chi connectivity index (χ2v) is 4.25. The number of rotatable bonds is 11. The van der Waals surface area contributed by atoms with Crippen LogP contribution in [0.2, 0.25) is 0 Å². The Morgan fingerprint density at radius 3 is 1.94 bits per heavy atom. The lowest BCUT2D eigenvalue weighted by molar-refractivity contribution is 0.282. The summed E-state index contributed by atoms with van der Waals surface area (Å²) in [6.45, 7) is 2.51. The van der Waals surface area contributed by atoms with Gasteiger partial charge in [-0.1, -0.05) is 63.3 Å². The van der Waals surface area contributed by atoms with Crippen molar-refractivity contribution in [2.45, 2.75) is 64.7 Å². The fourth-order valence-corrected chi connectivity index (χ4v) is 1.65. The van der Waals surface area contributed by atoms with Crippen molar-refractivity contribution in [3.63, 3.8) is 0 Å². The minimum absolute atomic E-state index is 0.357. The third-order valence-corrected chi connectivity index (χ3v) is 2.65. The van der Waals surface area contributed by atoms with E-state index < -0.39 is 0 Å². The minimum atomic E-state index is 0.357. The van der Waals surface area contributed by atoms with Crippen molar-refractivity contribution < 1.29 is 5.11 Å². The highest BCUT2D eigenvalue weighted by Crippen LogP contribution is 2.08. The van der Waals surface area contributed by atoms with Gasteiger partial charge in [-0.2, -0.15) is 0 Å². The van der Waals surface area contributed by atoms with E-state index in [2.05, 4.69) is 31.2 Å². The zero-order valence-corrected chi connectivity index (χ0v) is 10.8. The van der Waals surface area contributed by atoms with Gasteiger partial charge in [0, 0.05) is 6.61 Å². The van der Waals surface area contributed by atoms with Crippen LogP contribution in [-0.4, -0.2) is 11.7 Å². The summed E-state index contributed by atoms with van der Waals surface area (Å²) in [7, 11) is 0. The molecule has 0 saturated carbocycles. The van der Waals surface area contributed by atoms with Crippen LogP contribution in [0.5, 0.6) is 0 Å². The molecule has 1 N–H and O–H groups in total. The van der Waals surface area contributed by atoms with Crippen LogP contribution in [0.25, 0.3) is 0 Å². The second kappa shape index (κ2) is 14.4. The normalized spacial score (nSPS) is 11.9. The van der Waals surface area contributed by atoms with Gasteiger partial charge < -0.3 is 5.11 Å². The Bertz CT molecular complexity index is 170. The van der Waals surface area contributed by atoms with Crippen molar-refractivity contribution >= 4 is 0 Å². The van der Waals surface area contributed by atoms with E-state index in [4.69, 9.17) is 5.11 Å². The molecule has 1 heteroatoms. The molecule has 0 spiro atoms. The van der Waals surface area contributed by atoms with Crippen LogP contribution in [-0.2, 0) is 0 Å². The lowest BCUT2D eigenvalue weighted by Crippen LogP contribution is -1.83. The summed E-state index contributed by atoms with van der Waals surface area (Å²) in [5.41, 5.74) is 0. The van der Waals surface area contributed by atoms with E-state index in [1.807, 2.05) is 0 Å². The molecule has 0 rings (SSSR count). The first-order valence-corrected chi connectivity index (χ1v) is 6.84. The van der Waals surface area contributed by atoms with Crippen LogP contribution >= 0.6 is 0 Å². The van der Waals surface area contributed by atoms with Crippen LogP contribution < -0.4 is 0 Å². The molecule has 16 heavy (non-hydrogen) atoms. The topological polar surface area (TPSA) is 20.2 Å². The Labute approximate surface area is 101 Å². The molecule has 94 valence electrons. The fourth-order valence-electron chi connectivity index (χ4n) is 1.65. The third kappa shape index (κ3) is 13.4. The summed E-state index contributed by atoms with van der Waals surface area (Å²) in [5, 5.41) is 8.61. The van der Waals surface area contributed by atoms with Gasteiger partial charge in [-0.25, -0.2) is 0 Å². The lowest BCUT2D eigenvalue weighted by Gasteiger charge is -1.99. The summed E-state index contributed by atoms with van der Waals surface area (Å²) < 4.78 is 0. The van der Waals surface area contributed by atoms with E-state index in [0.29, 0.717) is 6.61 Å². The molecule has 0 radical (unpaired) electrons. The van der Waals surface area contributed by atoms with Gasteiger partial charge in [0.25, 0.3) is 0 Å². The summed E-state index contributed by atoms with van der Waals surface area (Å²) in [5.74, 6) is 0. The van der Waals surface area contributed by atoms with Gasteiger partial charge in [-0.15, -0.1) is 0 Å². The molecule has 0 amide bonds. The average Bonchev–Trinajstić information content (AvgIpc) is 2.31. The molecule has 0 heterocycles. The van der Waals surface area contributed by atoms with Crippen molar-refractivity contribution in [2.24, 2.45) is 0 Å². The maximum atomic E-state index is 8.61. The highest BCUT2D eigenvalue weighted by Gasteiger charge is 1.90. The summed E-state index contributed by atoms with van der Waals surface area (Å²) in [4.78, 5) is 0. The Morgan fingerprint density at radius 1 is 0.750 bits per heavy atom. The molecular formula is C15H28O. The zero-order valence-electron chi connectivity index (χ0n) is 10.8. The molecule has 0 aliphatic rings. The van der Waals surface area contributed by atoms with Crippen molar-refractivity contribution in [1.82, 2.24) is 0 Å². The molecule has 0 fully saturated rings. The predicted molar refractivity (Wildman–Crippen MR) is 72.6 cm³/mol. The fraction of sp³-hybridized carbons (Fsp3) is 0.733. The molecule has 0 aliphatic carbocycles. The highest BCUT2D eigenvalue weighted by molar-refractivity contribution is 5.01. The molecule has 0 atom stereocenters. The first kappa shape index (κ1) is 15.4. The Balaban J connectivity index is 3.03. The largest absolute Gasteiger partial charge is 0.396 e. The van der Waals surface area contributed by atoms with Crippen molar-refractivity contribution in [3.05, 3.63) is 24.3 Å². The van der Waals surface area contributed by atoms with Gasteiger partial charge in [0.15, 0.2) is 0 Å². The Kier molecular flexibility index (Phi) is 13.9. The molecule has 0 aromatic carbocycles. The number of allylic oxidation sites excluding steroid dienone is 4. The van der Waals surface area contributed by atoms with E-state index in [1.54, 1.807) is 0 Å². The van der Waals surface area contributed by atoms with Gasteiger partial charge in [0.1, 0.15) is 0 Å². The first-order chi connectivity index (χ1) is 7.91. The summed E-state index contributed by atoms with van der Waals surface area (Å²) in [6, 6.07) is 0. The smallest absolute Gasteiger partial charge is 0.0431 e. The summed E-state index contributed by atoms with van der Waals surface area (Å²) >= 11 is 0. The highest BCUT2D eigenvalue weighted by atomic mass is 16.2. The molecule has 0 aromatic heterocycles. The molecule has 0 bridgehead atoms. The second-order valence-electron chi connectivity index (χ2n) is 4.25. The number of hydrogen-bond acceptors (Lipinski definition) is 1. The van der Waals surface area contributed by atoms with Crippen molar-refractivity contribution in [3.8, 4) is 0 Å².